The number of aromatic nitrogens is 2. The van der Waals surface area contributed by atoms with E-state index in [0.29, 0.717) is 31.1 Å². The molecule has 1 heterocycles. The molecule has 0 radical (unpaired) electrons. The minimum atomic E-state index is -0.924. The third-order valence-corrected chi connectivity index (χ3v) is 3.83. The van der Waals surface area contributed by atoms with Gasteiger partial charge in [0.15, 0.2) is 0 Å². The molecule has 116 valence electrons. The van der Waals surface area contributed by atoms with Crippen molar-refractivity contribution in [3.63, 3.8) is 0 Å². The van der Waals surface area contributed by atoms with Gasteiger partial charge in [-0.15, -0.1) is 0 Å². The molecule has 6 nitrogen and oxygen atoms in total. The first-order valence-corrected chi connectivity index (χ1v) is 7.63. The van der Waals surface area contributed by atoms with Crippen LogP contribution >= 0.6 is 0 Å². The largest absolute Gasteiger partial charge is 0.480 e. The molecule has 0 bridgehead atoms. The number of carboxylic acids is 1. The number of hydrogen-bond acceptors (Lipinski definition) is 5. The summed E-state index contributed by atoms with van der Waals surface area (Å²) in [5, 5.41) is 12.8. The van der Waals surface area contributed by atoms with E-state index in [2.05, 4.69) is 15.3 Å². The molecule has 1 aliphatic rings. The van der Waals surface area contributed by atoms with Crippen LogP contribution in [0.25, 0.3) is 0 Å². The van der Waals surface area contributed by atoms with Crippen LogP contribution in [-0.4, -0.2) is 33.2 Å². The van der Waals surface area contributed by atoms with E-state index in [0.717, 1.165) is 32.1 Å². The Morgan fingerprint density at radius 3 is 2.67 bits per heavy atom. The first-order valence-electron chi connectivity index (χ1n) is 7.63. The van der Waals surface area contributed by atoms with Gasteiger partial charge in [0, 0.05) is 6.07 Å². The topological polar surface area (TPSA) is 84.3 Å². The van der Waals surface area contributed by atoms with Gasteiger partial charge in [-0.1, -0.05) is 32.6 Å². The minimum Gasteiger partial charge on any atom is -0.480 e. The highest BCUT2D eigenvalue weighted by atomic mass is 16.5. The molecule has 1 aromatic heterocycles. The molecule has 2 rings (SSSR count). The Kier molecular flexibility index (Phi) is 5.36. The van der Waals surface area contributed by atoms with E-state index in [4.69, 9.17) is 4.74 Å². The fraction of sp³-hybridized carbons (Fsp3) is 0.667. The Hall–Kier alpha value is -1.85. The molecule has 1 aliphatic carbocycles. The Morgan fingerprint density at radius 1 is 1.33 bits per heavy atom. The van der Waals surface area contributed by atoms with Gasteiger partial charge in [0.1, 0.15) is 17.7 Å². The smallest absolute Gasteiger partial charge is 0.329 e. The fourth-order valence-electron chi connectivity index (χ4n) is 2.66. The predicted molar refractivity (Wildman–Crippen MR) is 79.5 cm³/mol. The van der Waals surface area contributed by atoms with Crippen molar-refractivity contribution in [2.24, 2.45) is 0 Å². The number of carbonyl (C=O) groups is 1. The maximum Gasteiger partial charge on any atom is 0.329 e. The van der Waals surface area contributed by atoms with Crippen LogP contribution < -0.4 is 10.1 Å². The molecule has 2 N–H and O–H groups in total. The second-order valence-electron chi connectivity index (χ2n) is 5.52. The van der Waals surface area contributed by atoms with Crippen molar-refractivity contribution in [3.8, 4) is 5.88 Å². The van der Waals surface area contributed by atoms with E-state index in [9.17, 15) is 9.90 Å². The summed E-state index contributed by atoms with van der Waals surface area (Å²) in [5.41, 5.74) is -0.924. The van der Waals surface area contributed by atoms with Gasteiger partial charge in [-0.2, -0.15) is 0 Å². The molecular formula is C15H23N3O3. The summed E-state index contributed by atoms with van der Waals surface area (Å²) in [6.45, 7) is 2.60. The molecular weight excluding hydrogens is 270 g/mol. The fourth-order valence-corrected chi connectivity index (χ4v) is 2.66. The monoisotopic (exact) mass is 293 g/mol. The van der Waals surface area contributed by atoms with Gasteiger partial charge >= 0.3 is 5.97 Å². The van der Waals surface area contributed by atoms with Crippen molar-refractivity contribution >= 4 is 11.8 Å². The van der Waals surface area contributed by atoms with Crippen molar-refractivity contribution in [2.45, 2.75) is 57.4 Å². The van der Waals surface area contributed by atoms with Gasteiger partial charge in [-0.3, -0.25) is 0 Å². The Morgan fingerprint density at radius 2 is 2.05 bits per heavy atom. The van der Waals surface area contributed by atoms with Crippen molar-refractivity contribution in [3.05, 3.63) is 12.4 Å². The zero-order chi connectivity index (χ0) is 15.1. The van der Waals surface area contributed by atoms with Crippen molar-refractivity contribution in [2.75, 3.05) is 11.9 Å². The molecule has 1 saturated carbocycles. The number of anilines is 1. The highest BCUT2D eigenvalue weighted by Crippen LogP contribution is 2.31. The Labute approximate surface area is 124 Å². The lowest BCUT2D eigenvalue weighted by Crippen LogP contribution is -2.46. The van der Waals surface area contributed by atoms with Crippen LogP contribution in [0.5, 0.6) is 5.88 Å². The minimum absolute atomic E-state index is 0.475. The van der Waals surface area contributed by atoms with Crippen LogP contribution in [0.1, 0.15) is 51.9 Å². The van der Waals surface area contributed by atoms with Gasteiger partial charge < -0.3 is 15.2 Å². The maximum absolute atomic E-state index is 11.8. The molecule has 0 aromatic carbocycles. The normalized spacial score (nSPS) is 17.8. The van der Waals surface area contributed by atoms with E-state index in [1.54, 1.807) is 6.07 Å². The molecule has 0 saturated heterocycles. The second kappa shape index (κ2) is 7.24. The van der Waals surface area contributed by atoms with Gasteiger partial charge in [-0.25, -0.2) is 14.8 Å². The molecule has 1 aromatic rings. The third-order valence-electron chi connectivity index (χ3n) is 3.83. The summed E-state index contributed by atoms with van der Waals surface area (Å²) in [4.78, 5) is 19.9. The average Bonchev–Trinajstić information content (AvgIpc) is 2.72. The maximum atomic E-state index is 11.8. The standard InChI is InChI=1S/C15H23N3O3/c1-2-9-21-13-10-12(16-11-17-13)18-15(14(19)20)7-5-3-4-6-8-15/h10-11H,2-9H2,1H3,(H,19,20)(H,16,17,18). The summed E-state index contributed by atoms with van der Waals surface area (Å²) in [6, 6.07) is 1.67. The van der Waals surface area contributed by atoms with Gasteiger partial charge in [-0.05, 0) is 19.3 Å². The first kappa shape index (κ1) is 15.5. The molecule has 0 spiro atoms. The van der Waals surface area contributed by atoms with Crippen LogP contribution in [0.15, 0.2) is 12.4 Å². The van der Waals surface area contributed by atoms with Gasteiger partial charge in [0.25, 0.3) is 0 Å². The average molecular weight is 293 g/mol. The zero-order valence-electron chi connectivity index (χ0n) is 12.5. The lowest BCUT2D eigenvalue weighted by molar-refractivity contribution is -0.142. The van der Waals surface area contributed by atoms with Gasteiger partial charge in [0.2, 0.25) is 5.88 Å². The summed E-state index contributed by atoms with van der Waals surface area (Å²) in [6.07, 6.45) is 7.56. The molecule has 0 unspecified atom stereocenters. The number of rotatable bonds is 6. The highest BCUT2D eigenvalue weighted by Gasteiger charge is 2.39. The molecule has 21 heavy (non-hydrogen) atoms. The van der Waals surface area contributed by atoms with Crippen LogP contribution in [-0.2, 0) is 4.79 Å². The van der Waals surface area contributed by atoms with Crippen molar-refractivity contribution < 1.29 is 14.6 Å². The van der Waals surface area contributed by atoms with Crippen LogP contribution in [0.4, 0.5) is 5.82 Å². The molecule has 1 fully saturated rings. The van der Waals surface area contributed by atoms with E-state index in [1.807, 2.05) is 6.92 Å². The lowest BCUT2D eigenvalue weighted by Gasteiger charge is -2.29. The second-order valence-corrected chi connectivity index (χ2v) is 5.52. The molecule has 0 atom stereocenters. The quantitative estimate of drug-likeness (QED) is 0.785. The van der Waals surface area contributed by atoms with E-state index in [1.165, 1.54) is 6.33 Å². The third kappa shape index (κ3) is 4.06. The number of nitrogens with one attached hydrogen (secondary N) is 1. The first-order chi connectivity index (χ1) is 10.2. The van der Waals surface area contributed by atoms with Crippen LogP contribution in [0, 0.1) is 0 Å². The van der Waals surface area contributed by atoms with E-state index >= 15 is 0 Å². The van der Waals surface area contributed by atoms with Crippen LogP contribution in [0.2, 0.25) is 0 Å². The van der Waals surface area contributed by atoms with E-state index < -0.39 is 11.5 Å². The number of ether oxygens (including phenoxy) is 1. The zero-order valence-corrected chi connectivity index (χ0v) is 12.5. The summed E-state index contributed by atoms with van der Waals surface area (Å²) < 4.78 is 5.46. The number of carboxylic acid groups (broad SMARTS) is 1. The Bertz CT molecular complexity index is 471. The Balaban J connectivity index is 2.14. The predicted octanol–water partition coefficient (Wildman–Crippen LogP) is 2.85. The summed E-state index contributed by atoms with van der Waals surface area (Å²) in [7, 11) is 0. The van der Waals surface area contributed by atoms with E-state index in [-0.39, 0.29) is 0 Å². The van der Waals surface area contributed by atoms with Crippen molar-refractivity contribution in [1.29, 1.82) is 0 Å². The SMILES string of the molecule is CCCOc1cc(NC2(C(=O)O)CCCCCC2)ncn1. The summed E-state index contributed by atoms with van der Waals surface area (Å²) in [5.74, 6) is 0.183. The number of hydrogen-bond donors (Lipinski definition) is 2. The lowest BCUT2D eigenvalue weighted by atomic mass is 9.90. The highest BCUT2D eigenvalue weighted by molar-refractivity contribution is 5.82. The molecule has 6 heteroatoms. The molecule has 0 amide bonds. The van der Waals surface area contributed by atoms with Crippen molar-refractivity contribution in [1.82, 2.24) is 9.97 Å². The number of nitrogens with zero attached hydrogens (tertiary/aromatic N) is 2. The summed E-state index contributed by atoms with van der Waals surface area (Å²) >= 11 is 0. The number of aliphatic carboxylic acids is 1. The van der Waals surface area contributed by atoms with Gasteiger partial charge in [0.05, 0.1) is 6.61 Å². The molecule has 0 aliphatic heterocycles. The van der Waals surface area contributed by atoms with Crippen LogP contribution in [0.3, 0.4) is 0 Å².